The zero-order chi connectivity index (χ0) is 14.5. The van der Waals surface area contributed by atoms with Crippen LogP contribution < -0.4 is 5.32 Å². The molecule has 1 unspecified atom stereocenters. The monoisotopic (exact) mass is 447 g/mol. The summed E-state index contributed by atoms with van der Waals surface area (Å²) in [4.78, 5) is 0. The van der Waals surface area contributed by atoms with Gasteiger partial charge in [0.25, 0.3) is 0 Å². The molecule has 1 heterocycles. The van der Waals surface area contributed by atoms with Gasteiger partial charge in [0, 0.05) is 27.3 Å². The summed E-state index contributed by atoms with van der Waals surface area (Å²) in [5.41, 5.74) is 2.66. The van der Waals surface area contributed by atoms with E-state index in [2.05, 4.69) is 80.3 Å². The fourth-order valence-electron chi connectivity index (χ4n) is 2.31. The van der Waals surface area contributed by atoms with Crippen LogP contribution in [0, 0.1) is 3.57 Å². The summed E-state index contributed by atoms with van der Waals surface area (Å²) >= 11 is 5.98. The van der Waals surface area contributed by atoms with Crippen molar-refractivity contribution in [2.45, 2.75) is 25.8 Å². The molecule has 1 N–H and O–H groups in total. The molecular weight excluding hydrogens is 429 g/mol. The van der Waals surface area contributed by atoms with Crippen LogP contribution in [0.3, 0.4) is 0 Å². The van der Waals surface area contributed by atoms with E-state index in [0.29, 0.717) is 6.04 Å². The maximum Gasteiger partial charge on any atom is 0.0521 e. The van der Waals surface area contributed by atoms with Crippen molar-refractivity contribution >= 4 is 38.5 Å². The number of halogens is 2. The summed E-state index contributed by atoms with van der Waals surface area (Å²) in [6.45, 7) is 3.13. The first-order chi connectivity index (χ1) is 9.60. The Morgan fingerprint density at radius 3 is 2.90 bits per heavy atom. The highest BCUT2D eigenvalue weighted by atomic mass is 127. The Morgan fingerprint density at radius 1 is 1.45 bits per heavy atom. The first-order valence-corrected chi connectivity index (χ1v) is 8.63. The van der Waals surface area contributed by atoms with Gasteiger partial charge in [-0.2, -0.15) is 5.10 Å². The van der Waals surface area contributed by atoms with Crippen molar-refractivity contribution in [1.82, 2.24) is 15.1 Å². The number of aryl methyl sites for hydroxylation is 2. The Balaban J connectivity index is 2.11. The van der Waals surface area contributed by atoms with Crippen LogP contribution in [0.2, 0.25) is 0 Å². The minimum atomic E-state index is 0.379. The maximum absolute atomic E-state index is 4.23. The Labute approximate surface area is 142 Å². The lowest BCUT2D eigenvalue weighted by Gasteiger charge is -2.20. The standard InChI is InChI=1S/C15H19BrIN3/c1-3-18-15(7-4-11-9-19-20(2)10-11)13-8-12(16)5-6-14(13)17/h5-6,8-10,15,18H,3-4,7H2,1-2H3. The van der Waals surface area contributed by atoms with Gasteiger partial charge in [0.2, 0.25) is 0 Å². The summed E-state index contributed by atoms with van der Waals surface area (Å²) in [6, 6.07) is 6.85. The minimum Gasteiger partial charge on any atom is -0.310 e. The van der Waals surface area contributed by atoms with Gasteiger partial charge in [0.05, 0.1) is 6.20 Å². The number of hydrogen-bond acceptors (Lipinski definition) is 2. The lowest BCUT2D eigenvalue weighted by molar-refractivity contribution is 0.513. The second-order valence-electron chi connectivity index (χ2n) is 4.84. The SMILES string of the molecule is CCNC(CCc1cnn(C)c1)c1cc(Br)ccc1I. The molecule has 5 heteroatoms. The normalized spacial score (nSPS) is 12.6. The number of nitrogens with zero attached hydrogens (tertiary/aromatic N) is 2. The Kier molecular flexibility index (Phi) is 6.04. The van der Waals surface area contributed by atoms with Crippen LogP contribution in [0.4, 0.5) is 0 Å². The van der Waals surface area contributed by atoms with Crippen molar-refractivity contribution in [3.05, 3.63) is 49.8 Å². The van der Waals surface area contributed by atoms with Gasteiger partial charge < -0.3 is 5.32 Å². The molecule has 2 rings (SSSR count). The lowest BCUT2D eigenvalue weighted by atomic mass is 10.00. The van der Waals surface area contributed by atoms with E-state index in [-0.39, 0.29) is 0 Å². The van der Waals surface area contributed by atoms with E-state index in [0.717, 1.165) is 23.9 Å². The van der Waals surface area contributed by atoms with Gasteiger partial charge in [0.15, 0.2) is 0 Å². The van der Waals surface area contributed by atoms with Crippen molar-refractivity contribution in [2.24, 2.45) is 7.05 Å². The van der Waals surface area contributed by atoms with E-state index in [9.17, 15) is 0 Å². The second kappa shape index (κ2) is 7.56. The van der Waals surface area contributed by atoms with E-state index < -0.39 is 0 Å². The summed E-state index contributed by atoms with van der Waals surface area (Å²) in [7, 11) is 1.96. The van der Waals surface area contributed by atoms with E-state index >= 15 is 0 Å². The molecule has 108 valence electrons. The zero-order valence-corrected chi connectivity index (χ0v) is 15.5. The molecule has 0 saturated heterocycles. The molecule has 0 bridgehead atoms. The molecule has 0 radical (unpaired) electrons. The maximum atomic E-state index is 4.23. The second-order valence-corrected chi connectivity index (χ2v) is 6.91. The number of aromatic nitrogens is 2. The predicted molar refractivity (Wildman–Crippen MR) is 94.8 cm³/mol. The fourth-order valence-corrected chi connectivity index (χ4v) is 3.40. The highest BCUT2D eigenvalue weighted by Crippen LogP contribution is 2.27. The van der Waals surface area contributed by atoms with Crippen molar-refractivity contribution < 1.29 is 0 Å². The van der Waals surface area contributed by atoms with Crippen LogP contribution in [-0.2, 0) is 13.5 Å². The number of nitrogens with one attached hydrogen (secondary N) is 1. The van der Waals surface area contributed by atoms with Gasteiger partial charge in [-0.3, -0.25) is 4.68 Å². The molecule has 1 atom stereocenters. The highest BCUT2D eigenvalue weighted by Gasteiger charge is 2.14. The first kappa shape index (κ1) is 16.0. The topological polar surface area (TPSA) is 29.9 Å². The molecule has 0 fully saturated rings. The van der Waals surface area contributed by atoms with E-state index in [4.69, 9.17) is 0 Å². The van der Waals surface area contributed by atoms with Crippen LogP contribution in [0.1, 0.15) is 30.5 Å². The number of rotatable bonds is 6. The largest absolute Gasteiger partial charge is 0.310 e. The van der Waals surface area contributed by atoms with Crippen molar-refractivity contribution in [3.63, 3.8) is 0 Å². The van der Waals surface area contributed by atoms with Crippen molar-refractivity contribution in [2.75, 3.05) is 6.54 Å². The third kappa shape index (κ3) is 4.30. The van der Waals surface area contributed by atoms with Gasteiger partial charge >= 0.3 is 0 Å². The van der Waals surface area contributed by atoms with E-state index in [1.54, 1.807) is 0 Å². The van der Waals surface area contributed by atoms with Gasteiger partial charge in [-0.1, -0.05) is 22.9 Å². The first-order valence-electron chi connectivity index (χ1n) is 6.76. The molecule has 20 heavy (non-hydrogen) atoms. The number of hydrogen-bond donors (Lipinski definition) is 1. The quantitative estimate of drug-likeness (QED) is 0.676. The molecule has 0 aliphatic rings. The fraction of sp³-hybridized carbons (Fsp3) is 0.400. The third-order valence-electron chi connectivity index (χ3n) is 3.26. The van der Waals surface area contributed by atoms with Gasteiger partial charge in [-0.25, -0.2) is 0 Å². The van der Waals surface area contributed by atoms with Gasteiger partial charge in [-0.15, -0.1) is 0 Å². The average Bonchev–Trinajstić information content (AvgIpc) is 2.83. The zero-order valence-electron chi connectivity index (χ0n) is 11.7. The molecule has 2 aromatic rings. The van der Waals surface area contributed by atoms with Crippen molar-refractivity contribution in [1.29, 1.82) is 0 Å². The van der Waals surface area contributed by atoms with Gasteiger partial charge in [0.1, 0.15) is 0 Å². The summed E-state index contributed by atoms with van der Waals surface area (Å²) in [5, 5.41) is 7.82. The Bertz CT molecular complexity index is 568. The van der Waals surface area contributed by atoms with Crippen molar-refractivity contribution in [3.8, 4) is 0 Å². The third-order valence-corrected chi connectivity index (χ3v) is 4.74. The molecule has 0 saturated carbocycles. The Morgan fingerprint density at radius 2 is 2.25 bits per heavy atom. The smallest absolute Gasteiger partial charge is 0.0521 e. The molecular formula is C15H19BrIN3. The minimum absolute atomic E-state index is 0.379. The van der Waals surface area contributed by atoms with Crippen LogP contribution in [0.15, 0.2) is 35.1 Å². The highest BCUT2D eigenvalue weighted by molar-refractivity contribution is 14.1. The summed E-state index contributed by atoms with van der Waals surface area (Å²) in [5.74, 6) is 0. The van der Waals surface area contributed by atoms with Crippen LogP contribution >= 0.6 is 38.5 Å². The number of benzene rings is 1. The molecule has 3 nitrogen and oxygen atoms in total. The molecule has 0 amide bonds. The Hall–Kier alpha value is -0.400. The average molecular weight is 448 g/mol. The molecule has 0 aliphatic heterocycles. The molecule has 0 spiro atoms. The molecule has 1 aromatic carbocycles. The van der Waals surface area contributed by atoms with Crippen LogP contribution in [-0.4, -0.2) is 16.3 Å². The summed E-state index contributed by atoms with van der Waals surface area (Å²) in [6.07, 6.45) is 6.16. The lowest BCUT2D eigenvalue weighted by Crippen LogP contribution is -2.22. The van der Waals surface area contributed by atoms with Crippen LogP contribution in [0.5, 0.6) is 0 Å². The molecule has 0 aliphatic carbocycles. The van der Waals surface area contributed by atoms with E-state index in [1.165, 1.54) is 14.7 Å². The summed E-state index contributed by atoms with van der Waals surface area (Å²) < 4.78 is 4.31. The van der Waals surface area contributed by atoms with Gasteiger partial charge in [-0.05, 0) is 71.3 Å². The van der Waals surface area contributed by atoms with E-state index in [1.807, 2.05) is 17.9 Å². The van der Waals surface area contributed by atoms with Crippen LogP contribution in [0.25, 0.3) is 0 Å². The molecule has 1 aromatic heterocycles. The predicted octanol–water partition coefficient (Wildman–Crippen LogP) is 4.07.